The van der Waals surface area contributed by atoms with E-state index in [1.54, 1.807) is 18.3 Å². The van der Waals surface area contributed by atoms with Crippen LogP contribution in [-0.4, -0.2) is 23.5 Å². The highest BCUT2D eigenvalue weighted by atomic mass is 19.1. The summed E-state index contributed by atoms with van der Waals surface area (Å²) in [6.45, 7) is 1.44. The van der Waals surface area contributed by atoms with Gasteiger partial charge in [0.25, 0.3) is 0 Å². The van der Waals surface area contributed by atoms with Crippen LogP contribution in [-0.2, 0) is 6.54 Å². The average molecular weight is 259 g/mol. The molecule has 0 spiro atoms. The quantitative estimate of drug-likeness (QED) is 0.896. The Bertz CT molecular complexity index is 499. The van der Waals surface area contributed by atoms with Crippen molar-refractivity contribution in [1.29, 1.82) is 0 Å². The van der Waals surface area contributed by atoms with Crippen molar-refractivity contribution in [3.8, 4) is 0 Å². The van der Waals surface area contributed by atoms with Gasteiger partial charge < -0.3 is 5.73 Å². The molecular formula is C15H18FN3. The van der Waals surface area contributed by atoms with Crippen molar-refractivity contribution in [2.75, 3.05) is 13.6 Å². The Morgan fingerprint density at radius 3 is 2.58 bits per heavy atom. The molecule has 0 saturated carbocycles. The first-order valence-electron chi connectivity index (χ1n) is 6.24. The lowest BCUT2D eigenvalue weighted by molar-refractivity contribution is 0.302. The Hall–Kier alpha value is -1.78. The monoisotopic (exact) mass is 259 g/mol. The summed E-state index contributed by atoms with van der Waals surface area (Å²) < 4.78 is 12.8. The Kier molecular flexibility index (Phi) is 4.60. The first-order valence-corrected chi connectivity index (χ1v) is 6.24. The van der Waals surface area contributed by atoms with Crippen molar-refractivity contribution in [3.05, 3.63) is 65.7 Å². The first kappa shape index (κ1) is 13.6. The fourth-order valence-corrected chi connectivity index (χ4v) is 1.98. The van der Waals surface area contributed by atoms with E-state index in [1.165, 1.54) is 12.1 Å². The number of nitrogens with two attached hydrogens (primary N) is 1. The third kappa shape index (κ3) is 4.12. The van der Waals surface area contributed by atoms with E-state index in [9.17, 15) is 4.39 Å². The Labute approximate surface area is 112 Å². The molecule has 2 N–H and O–H groups in total. The van der Waals surface area contributed by atoms with Crippen LogP contribution < -0.4 is 5.73 Å². The summed E-state index contributed by atoms with van der Waals surface area (Å²) in [6.07, 6.45) is 1.78. The summed E-state index contributed by atoms with van der Waals surface area (Å²) in [6, 6.07) is 12.1. The molecule has 0 bridgehead atoms. The van der Waals surface area contributed by atoms with Gasteiger partial charge in [0.15, 0.2) is 0 Å². The molecule has 4 heteroatoms. The molecule has 19 heavy (non-hydrogen) atoms. The van der Waals surface area contributed by atoms with Crippen LogP contribution in [0.15, 0.2) is 48.7 Å². The standard InChI is InChI=1S/C15H18FN3/c1-19(10-14-4-2-3-9-18-14)11-15(17)12-5-7-13(16)8-6-12/h2-9,15H,10-11,17H2,1H3. The van der Waals surface area contributed by atoms with Gasteiger partial charge in [-0.1, -0.05) is 18.2 Å². The van der Waals surface area contributed by atoms with E-state index in [0.717, 1.165) is 17.8 Å². The maximum atomic E-state index is 12.8. The van der Waals surface area contributed by atoms with Gasteiger partial charge in [-0.2, -0.15) is 0 Å². The summed E-state index contributed by atoms with van der Waals surface area (Å²) in [5.41, 5.74) is 8.06. The highest BCUT2D eigenvalue weighted by Gasteiger charge is 2.10. The molecule has 3 nitrogen and oxygen atoms in total. The molecule has 0 aliphatic rings. The molecule has 2 aromatic rings. The summed E-state index contributed by atoms with van der Waals surface area (Å²) in [5.74, 6) is -0.238. The van der Waals surface area contributed by atoms with Crippen molar-refractivity contribution in [2.24, 2.45) is 5.73 Å². The van der Waals surface area contributed by atoms with Crippen LogP contribution in [0.1, 0.15) is 17.3 Å². The largest absolute Gasteiger partial charge is 0.323 e. The van der Waals surface area contributed by atoms with Crippen LogP contribution in [0.4, 0.5) is 4.39 Å². The second-order valence-corrected chi connectivity index (χ2v) is 4.68. The van der Waals surface area contributed by atoms with E-state index in [-0.39, 0.29) is 11.9 Å². The van der Waals surface area contributed by atoms with Crippen LogP contribution in [0.25, 0.3) is 0 Å². The zero-order valence-electron chi connectivity index (χ0n) is 11.0. The topological polar surface area (TPSA) is 42.2 Å². The fourth-order valence-electron chi connectivity index (χ4n) is 1.98. The van der Waals surface area contributed by atoms with Gasteiger partial charge in [0, 0.05) is 25.3 Å². The smallest absolute Gasteiger partial charge is 0.123 e. The zero-order chi connectivity index (χ0) is 13.7. The molecule has 2 rings (SSSR count). The van der Waals surface area contributed by atoms with Gasteiger partial charge in [-0.25, -0.2) is 4.39 Å². The second kappa shape index (κ2) is 6.41. The lowest BCUT2D eigenvalue weighted by Crippen LogP contribution is -2.29. The molecule has 0 amide bonds. The van der Waals surface area contributed by atoms with E-state index in [4.69, 9.17) is 5.73 Å². The van der Waals surface area contributed by atoms with Crippen LogP contribution >= 0.6 is 0 Å². The van der Waals surface area contributed by atoms with Gasteiger partial charge in [-0.15, -0.1) is 0 Å². The van der Waals surface area contributed by atoms with Crippen LogP contribution in [0, 0.1) is 5.82 Å². The van der Waals surface area contributed by atoms with Gasteiger partial charge in [0.05, 0.1) is 5.69 Å². The third-order valence-electron chi connectivity index (χ3n) is 2.96. The predicted molar refractivity (Wildman–Crippen MR) is 73.9 cm³/mol. The predicted octanol–water partition coefficient (Wildman–Crippen LogP) is 2.35. The molecule has 0 radical (unpaired) electrons. The molecule has 0 saturated heterocycles. The number of nitrogens with zero attached hydrogens (tertiary/aromatic N) is 2. The molecular weight excluding hydrogens is 241 g/mol. The lowest BCUT2D eigenvalue weighted by atomic mass is 10.1. The minimum atomic E-state index is -0.238. The van der Waals surface area contributed by atoms with Gasteiger partial charge in [-0.3, -0.25) is 9.88 Å². The lowest BCUT2D eigenvalue weighted by Gasteiger charge is -2.21. The number of benzene rings is 1. The average Bonchev–Trinajstić information content (AvgIpc) is 2.40. The van der Waals surface area contributed by atoms with Crippen molar-refractivity contribution in [2.45, 2.75) is 12.6 Å². The van der Waals surface area contributed by atoms with Gasteiger partial charge in [0.1, 0.15) is 5.82 Å². The van der Waals surface area contributed by atoms with E-state index in [2.05, 4.69) is 9.88 Å². The van der Waals surface area contributed by atoms with Gasteiger partial charge >= 0.3 is 0 Å². The number of likely N-dealkylation sites (N-methyl/N-ethyl adjacent to an activating group) is 1. The number of aromatic nitrogens is 1. The van der Waals surface area contributed by atoms with Crippen molar-refractivity contribution >= 4 is 0 Å². The minimum absolute atomic E-state index is 0.130. The van der Waals surface area contributed by atoms with Crippen LogP contribution in [0.5, 0.6) is 0 Å². The zero-order valence-corrected chi connectivity index (χ0v) is 11.0. The Balaban J connectivity index is 1.91. The summed E-state index contributed by atoms with van der Waals surface area (Å²) in [5, 5.41) is 0. The summed E-state index contributed by atoms with van der Waals surface area (Å²) >= 11 is 0. The fraction of sp³-hybridized carbons (Fsp3) is 0.267. The molecule has 1 aromatic heterocycles. The molecule has 0 aliphatic heterocycles. The molecule has 0 aliphatic carbocycles. The van der Waals surface area contributed by atoms with Crippen molar-refractivity contribution in [1.82, 2.24) is 9.88 Å². The van der Waals surface area contributed by atoms with Gasteiger partial charge in [0.2, 0.25) is 0 Å². The third-order valence-corrected chi connectivity index (χ3v) is 2.96. The molecule has 1 unspecified atom stereocenters. The number of hydrogen-bond acceptors (Lipinski definition) is 3. The number of rotatable bonds is 5. The van der Waals surface area contributed by atoms with E-state index in [1.807, 2.05) is 25.2 Å². The van der Waals surface area contributed by atoms with E-state index in [0.29, 0.717) is 6.54 Å². The van der Waals surface area contributed by atoms with Crippen LogP contribution in [0.3, 0.4) is 0 Å². The number of halogens is 1. The first-order chi connectivity index (χ1) is 9.15. The maximum Gasteiger partial charge on any atom is 0.123 e. The maximum absolute atomic E-state index is 12.8. The minimum Gasteiger partial charge on any atom is -0.323 e. The molecule has 1 aromatic carbocycles. The molecule has 1 atom stereocenters. The highest BCUT2D eigenvalue weighted by molar-refractivity contribution is 5.19. The Morgan fingerprint density at radius 2 is 1.95 bits per heavy atom. The number of pyridine rings is 1. The molecule has 0 fully saturated rings. The second-order valence-electron chi connectivity index (χ2n) is 4.68. The highest BCUT2D eigenvalue weighted by Crippen LogP contribution is 2.13. The van der Waals surface area contributed by atoms with Crippen LogP contribution in [0.2, 0.25) is 0 Å². The van der Waals surface area contributed by atoms with E-state index < -0.39 is 0 Å². The summed E-state index contributed by atoms with van der Waals surface area (Å²) in [7, 11) is 2.00. The normalized spacial score (nSPS) is 12.6. The summed E-state index contributed by atoms with van der Waals surface area (Å²) in [4.78, 5) is 6.39. The number of hydrogen-bond donors (Lipinski definition) is 1. The van der Waals surface area contributed by atoms with Gasteiger partial charge in [-0.05, 0) is 36.9 Å². The van der Waals surface area contributed by atoms with E-state index >= 15 is 0 Å². The SMILES string of the molecule is CN(Cc1ccccn1)CC(N)c1ccc(F)cc1. The molecule has 100 valence electrons. The van der Waals surface area contributed by atoms with Crippen molar-refractivity contribution < 1.29 is 4.39 Å². The molecule has 1 heterocycles. The van der Waals surface area contributed by atoms with Crippen molar-refractivity contribution in [3.63, 3.8) is 0 Å². The Morgan fingerprint density at radius 1 is 1.21 bits per heavy atom.